The molecule has 1 amide bonds. The van der Waals surface area contributed by atoms with Crippen molar-refractivity contribution < 1.29 is 22.7 Å². The van der Waals surface area contributed by atoms with Crippen LogP contribution in [0.15, 0.2) is 97.4 Å². The number of benzene rings is 1. The zero-order valence-corrected chi connectivity index (χ0v) is 23.0. The summed E-state index contributed by atoms with van der Waals surface area (Å²) >= 11 is 0. The van der Waals surface area contributed by atoms with Crippen molar-refractivity contribution in [2.24, 2.45) is 0 Å². The summed E-state index contributed by atoms with van der Waals surface area (Å²) in [7, 11) is 0. The third-order valence-electron chi connectivity index (χ3n) is 6.47. The lowest BCUT2D eigenvalue weighted by atomic mass is 10.1. The normalized spacial score (nSPS) is 14.0. The number of carbonyl (C=O) groups is 1. The summed E-state index contributed by atoms with van der Waals surface area (Å²) in [6, 6.07) is 12.1. The Morgan fingerprint density at radius 3 is 2.70 bits per heavy atom. The monoisotopic (exact) mass is 584 g/mol. The van der Waals surface area contributed by atoms with E-state index in [-0.39, 0.29) is 17.4 Å². The van der Waals surface area contributed by atoms with Gasteiger partial charge in [-0.15, -0.1) is 0 Å². The van der Waals surface area contributed by atoms with E-state index in [1.807, 2.05) is 18.2 Å². The number of imidazole rings is 1. The summed E-state index contributed by atoms with van der Waals surface area (Å²) in [6.07, 6.45) is 5.93. The number of halogens is 3. The van der Waals surface area contributed by atoms with E-state index in [1.165, 1.54) is 24.4 Å². The number of amides is 1. The largest absolute Gasteiger partial charge is 0.418 e. The van der Waals surface area contributed by atoms with E-state index in [2.05, 4.69) is 38.8 Å². The molecule has 0 spiro atoms. The summed E-state index contributed by atoms with van der Waals surface area (Å²) < 4.78 is 47.1. The number of alkyl halides is 3. The summed E-state index contributed by atoms with van der Waals surface area (Å²) in [5, 5.41) is 7.39. The van der Waals surface area contributed by atoms with Crippen LogP contribution in [0.1, 0.15) is 22.5 Å². The van der Waals surface area contributed by atoms with Gasteiger partial charge in [0.2, 0.25) is 0 Å². The molecule has 8 nitrogen and oxygen atoms in total. The van der Waals surface area contributed by atoms with Crippen LogP contribution in [0, 0.1) is 11.8 Å². The molecule has 0 radical (unpaired) electrons. The number of fused-ring (bicyclic) bond motifs is 1. The van der Waals surface area contributed by atoms with E-state index in [1.54, 1.807) is 46.0 Å². The number of morpholine rings is 1. The lowest BCUT2D eigenvalue weighted by molar-refractivity contribution is -0.137. The Bertz CT molecular complexity index is 1760. The van der Waals surface area contributed by atoms with E-state index in [0.29, 0.717) is 55.2 Å². The van der Waals surface area contributed by atoms with Gasteiger partial charge in [-0.25, -0.2) is 14.5 Å². The fourth-order valence-corrected chi connectivity index (χ4v) is 4.38. The van der Waals surface area contributed by atoms with Gasteiger partial charge in [-0.05, 0) is 42.3 Å². The highest BCUT2D eigenvalue weighted by atomic mass is 19.4. The van der Waals surface area contributed by atoms with Gasteiger partial charge in [0.05, 0.1) is 36.4 Å². The molecule has 4 heterocycles. The molecule has 1 aromatic carbocycles. The number of rotatable bonds is 7. The van der Waals surface area contributed by atoms with Crippen LogP contribution < -0.4 is 5.32 Å². The molecule has 0 saturated carbocycles. The minimum Gasteiger partial charge on any atom is -0.378 e. The Morgan fingerprint density at radius 2 is 1.91 bits per heavy atom. The van der Waals surface area contributed by atoms with Gasteiger partial charge in [0, 0.05) is 36.8 Å². The van der Waals surface area contributed by atoms with Crippen molar-refractivity contribution in [3.8, 4) is 11.8 Å². The molecule has 0 aliphatic carbocycles. The number of pyridine rings is 1. The molecule has 218 valence electrons. The first-order chi connectivity index (χ1) is 20.8. The van der Waals surface area contributed by atoms with Crippen LogP contribution in [0.2, 0.25) is 0 Å². The van der Waals surface area contributed by atoms with Crippen molar-refractivity contribution in [2.75, 3.05) is 31.6 Å². The molecule has 4 aromatic rings. The fourth-order valence-electron chi connectivity index (χ4n) is 4.38. The number of anilines is 2. The van der Waals surface area contributed by atoms with E-state index in [4.69, 9.17) is 4.74 Å². The number of nitrogens with one attached hydrogen (secondary N) is 1. The lowest BCUT2D eigenvalue weighted by Gasteiger charge is -2.27. The van der Waals surface area contributed by atoms with Crippen LogP contribution >= 0.6 is 0 Å². The number of hydrogen-bond acceptors (Lipinski definition) is 6. The Labute approximate surface area is 246 Å². The Balaban J connectivity index is 1.31. The molecular weight excluding hydrogens is 557 g/mol. The van der Waals surface area contributed by atoms with Crippen molar-refractivity contribution in [2.45, 2.75) is 12.6 Å². The van der Waals surface area contributed by atoms with E-state index in [9.17, 15) is 18.0 Å². The molecule has 43 heavy (non-hydrogen) atoms. The summed E-state index contributed by atoms with van der Waals surface area (Å²) in [4.78, 5) is 23.1. The van der Waals surface area contributed by atoms with Gasteiger partial charge in [-0.3, -0.25) is 4.79 Å². The molecule has 1 N–H and O–H groups in total. The zero-order valence-electron chi connectivity index (χ0n) is 23.0. The molecule has 1 aliphatic heterocycles. The average Bonchev–Trinajstić information content (AvgIpc) is 3.42. The highest BCUT2D eigenvalue weighted by Gasteiger charge is 2.33. The summed E-state index contributed by atoms with van der Waals surface area (Å²) in [5.41, 5.74) is 2.06. The molecule has 0 bridgehead atoms. The predicted molar refractivity (Wildman–Crippen MR) is 156 cm³/mol. The highest BCUT2D eigenvalue weighted by Crippen LogP contribution is 2.35. The smallest absolute Gasteiger partial charge is 0.378 e. The second-order valence-electron chi connectivity index (χ2n) is 9.45. The fraction of sp³-hybridized carbons (Fsp3) is 0.188. The number of ether oxygens (including phenoxy) is 1. The molecule has 1 fully saturated rings. The SMILES string of the molecule is C=C/C=C(\C=C/Cc1ccc2ncc(C#Cc3ccnc(Nc4ccccc4C(F)(F)F)c3)n2n1)C(=O)N1CCOCC1. The van der Waals surface area contributed by atoms with Gasteiger partial charge in [0.15, 0.2) is 5.65 Å². The minimum atomic E-state index is -4.50. The molecule has 1 saturated heterocycles. The van der Waals surface area contributed by atoms with Crippen molar-refractivity contribution in [1.82, 2.24) is 24.5 Å². The molecule has 3 aromatic heterocycles. The first-order valence-electron chi connectivity index (χ1n) is 13.4. The van der Waals surface area contributed by atoms with Crippen molar-refractivity contribution in [3.05, 3.63) is 120 Å². The average molecular weight is 585 g/mol. The standard InChI is InChI=1S/C32H27F3N6O2/c1-2-6-24(31(42)40-17-19-43-20-18-40)7-5-8-25-12-14-30-37-22-26(41(30)39-25)13-11-23-15-16-36-29(21-23)38-28-10-4-3-9-27(28)32(33,34)35/h2-7,9-10,12,14-16,21-22H,1,8,17-20H2,(H,36,38)/b7-5-,24-6+. The van der Waals surface area contributed by atoms with Gasteiger partial charge in [-0.2, -0.15) is 18.3 Å². The van der Waals surface area contributed by atoms with Gasteiger partial charge < -0.3 is 15.0 Å². The second kappa shape index (κ2) is 13.2. The first-order valence-corrected chi connectivity index (χ1v) is 13.4. The van der Waals surface area contributed by atoms with Crippen LogP contribution in [0.5, 0.6) is 0 Å². The van der Waals surface area contributed by atoms with Crippen molar-refractivity contribution in [3.63, 3.8) is 0 Å². The Morgan fingerprint density at radius 1 is 1.09 bits per heavy atom. The summed E-state index contributed by atoms with van der Waals surface area (Å²) in [6.45, 7) is 5.86. The zero-order chi connectivity index (χ0) is 30.2. The quantitative estimate of drug-likeness (QED) is 0.179. The first kappa shape index (κ1) is 29.3. The van der Waals surface area contributed by atoms with Gasteiger partial charge in [0.25, 0.3) is 5.91 Å². The number of allylic oxidation sites excluding steroid dienone is 3. The van der Waals surface area contributed by atoms with Gasteiger partial charge in [0.1, 0.15) is 11.5 Å². The van der Waals surface area contributed by atoms with Crippen LogP contribution in [0.4, 0.5) is 24.7 Å². The molecule has 0 atom stereocenters. The van der Waals surface area contributed by atoms with E-state index >= 15 is 0 Å². The lowest BCUT2D eigenvalue weighted by Crippen LogP contribution is -2.41. The molecule has 11 heteroatoms. The van der Waals surface area contributed by atoms with Crippen molar-refractivity contribution >= 4 is 23.1 Å². The topological polar surface area (TPSA) is 84.7 Å². The molecular formula is C32H27F3N6O2. The number of aromatic nitrogens is 4. The van der Waals surface area contributed by atoms with Gasteiger partial charge in [-0.1, -0.05) is 48.9 Å². The van der Waals surface area contributed by atoms with Crippen LogP contribution in [0.3, 0.4) is 0 Å². The number of hydrogen-bond donors (Lipinski definition) is 1. The van der Waals surface area contributed by atoms with Gasteiger partial charge >= 0.3 is 6.18 Å². The third-order valence-corrected chi connectivity index (χ3v) is 6.47. The number of nitrogens with zero attached hydrogens (tertiary/aromatic N) is 5. The predicted octanol–water partition coefficient (Wildman–Crippen LogP) is 5.36. The molecule has 0 unspecified atom stereocenters. The van der Waals surface area contributed by atoms with E-state index in [0.717, 1.165) is 11.8 Å². The van der Waals surface area contributed by atoms with E-state index < -0.39 is 11.7 Å². The highest BCUT2D eigenvalue weighted by molar-refractivity contribution is 5.96. The number of para-hydroxylation sites is 1. The Kier molecular flexibility index (Phi) is 8.98. The maximum Gasteiger partial charge on any atom is 0.418 e. The Hall–Kier alpha value is -5.21. The van der Waals surface area contributed by atoms with Crippen LogP contribution in [-0.4, -0.2) is 56.7 Å². The maximum atomic E-state index is 13.4. The maximum absolute atomic E-state index is 13.4. The third kappa shape index (κ3) is 7.36. The van der Waals surface area contributed by atoms with Crippen LogP contribution in [-0.2, 0) is 22.1 Å². The number of carbonyl (C=O) groups excluding carboxylic acids is 1. The second-order valence-corrected chi connectivity index (χ2v) is 9.45. The molecule has 1 aliphatic rings. The minimum absolute atomic E-state index is 0.0749. The molecule has 5 rings (SSSR count). The van der Waals surface area contributed by atoms with Crippen molar-refractivity contribution in [1.29, 1.82) is 0 Å². The summed E-state index contributed by atoms with van der Waals surface area (Å²) in [5.74, 6) is 6.20. The van der Waals surface area contributed by atoms with Crippen LogP contribution in [0.25, 0.3) is 5.65 Å².